The van der Waals surface area contributed by atoms with E-state index in [1.165, 1.54) is 23.4 Å². The number of aromatic nitrogens is 1. The number of hydrogen-bond donors (Lipinski definition) is 2. The summed E-state index contributed by atoms with van der Waals surface area (Å²) in [6, 6.07) is 1.93. The molecule has 168 valence electrons. The summed E-state index contributed by atoms with van der Waals surface area (Å²) in [5.41, 5.74) is 6.95. The molecule has 5 nitrogen and oxygen atoms in total. The quantitative estimate of drug-likeness (QED) is 0.638. The highest BCUT2D eigenvalue weighted by Crippen LogP contribution is 2.36. The van der Waals surface area contributed by atoms with Crippen LogP contribution in [0.5, 0.6) is 0 Å². The largest absolute Gasteiger partial charge is 0.348 e. The fourth-order valence-electron chi connectivity index (χ4n) is 4.54. The lowest BCUT2D eigenvalue weighted by Crippen LogP contribution is -2.31. The Balaban J connectivity index is 1.75. The molecule has 31 heavy (non-hydrogen) atoms. The number of carbonyl (C=O) groups excluding carboxylic acids is 1. The first-order chi connectivity index (χ1) is 14.8. The Hall–Kier alpha value is -2.18. The third-order valence-electron chi connectivity index (χ3n) is 6.26. The van der Waals surface area contributed by atoms with Crippen LogP contribution in [-0.2, 0) is 6.54 Å². The monoisotopic (exact) mass is 441 g/mol. The van der Waals surface area contributed by atoms with E-state index in [-0.39, 0.29) is 18.0 Å². The Morgan fingerprint density at radius 1 is 1.19 bits per heavy atom. The number of amides is 1. The Labute approximate surface area is 189 Å². The summed E-state index contributed by atoms with van der Waals surface area (Å²) in [5.74, 6) is -0.113. The number of aryl methyl sites for hydroxylation is 2. The van der Waals surface area contributed by atoms with Crippen molar-refractivity contribution in [1.82, 2.24) is 15.2 Å². The molecule has 0 atom stereocenters. The van der Waals surface area contributed by atoms with Gasteiger partial charge in [-0.25, -0.2) is 0 Å². The van der Waals surface area contributed by atoms with Crippen molar-refractivity contribution in [1.29, 1.82) is 0 Å². The Morgan fingerprint density at radius 2 is 1.90 bits per heavy atom. The van der Waals surface area contributed by atoms with Crippen LogP contribution in [0.3, 0.4) is 0 Å². The number of nitrogens with zero attached hydrogens (tertiary/aromatic N) is 1. The van der Waals surface area contributed by atoms with Gasteiger partial charge in [0.05, 0.1) is 5.56 Å². The minimum atomic E-state index is -0.132. The molecule has 0 aliphatic carbocycles. The molecule has 0 aromatic carbocycles. The molecule has 2 aromatic rings. The first-order valence-electron chi connectivity index (χ1n) is 11.3. The lowest BCUT2D eigenvalue weighted by Gasteiger charge is -2.29. The summed E-state index contributed by atoms with van der Waals surface area (Å²) in [7, 11) is 0. The van der Waals surface area contributed by atoms with Gasteiger partial charge in [-0.15, -0.1) is 11.3 Å². The minimum absolute atomic E-state index is 0.113. The van der Waals surface area contributed by atoms with E-state index in [2.05, 4.69) is 29.0 Å². The minimum Gasteiger partial charge on any atom is -0.348 e. The number of pyridine rings is 1. The van der Waals surface area contributed by atoms with Crippen LogP contribution < -0.4 is 10.9 Å². The number of likely N-dealkylation sites (tertiary alicyclic amines) is 1. The zero-order valence-electron chi connectivity index (χ0n) is 19.5. The van der Waals surface area contributed by atoms with Crippen LogP contribution in [0.25, 0.3) is 5.57 Å². The summed E-state index contributed by atoms with van der Waals surface area (Å²) < 4.78 is 0. The number of nitrogens with one attached hydrogen (secondary N) is 2. The van der Waals surface area contributed by atoms with E-state index in [0.717, 1.165) is 54.7 Å². The molecule has 1 aliphatic heterocycles. The van der Waals surface area contributed by atoms with Crippen molar-refractivity contribution in [2.75, 3.05) is 19.6 Å². The van der Waals surface area contributed by atoms with E-state index in [1.54, 1.807) is 16.9 Å². The fourth-order valence-corrected chi connectivity index (χ4v) is 5.78. The number of H-pyrrole nitrogens is 1. The second-order valence-corrected chi connectivity index (χ2v) is 9.39. The van der Waals surface area contributed by atoms with Gasteiger partial charge in [0.25, 0.3) is 11.5 Å². The molecule has 2 N–H and O–H groups in total. The molecular formula is C25H35N3O2S. The summed E-state index contributed by atoms with van der Waals surface area (Å²) in [6.07, 6.45) is 4.44. The normalized spacial score (nSPS) is 14.7. The third-order valence-corrected chi connectivity index (χ3v) is 7.40. The van der Waals surface area contributed by atoms with E-state index in [9.17, 15) is 9.59 Å². The average Bonchev–Trinajstić information content (AvgIpc) is 3.10. The Morgan fingerprint density at radius 3 is 2.52 bits per heavy atom. The third kappa shape index (κ3) is 5.36. The van der Waals surface area contributed by atoms with Crippen molar-refractivity contribution < 1.29 is 4.79 Å². The SMILES string of the molecule is CCCN1CCC(=C(CC)c2scc(C(=O)NCc3c(C)cc(C)[nH]c3=O)c2C)CC1. The Kier molecular flexibility index (Phi) is 7.89. The first-order valence-corrected chi connectivity index (χ1v) is 12.2. The maximum atomic E-state index is 12.9. The van der Waals surface area contributed by atoms with Gasteiger partial charge >= 0.3 is 0 Å². The second kappa shape index (κ2) is 10.4. The fraction of sp³-hybridized carbons (Fsp3) is 0.520. The van der Waals surface area contributed by atoms with Crippen molar-refractivity contribution in [3.63, 3.8) is 0 Å². The molecule has 6 heteroatoms. The highest BCUT2D eigenvalue weighted by atomic mass is 32.1. The van der Waals surface area contributed by atoms with Gasteiger partial charge in [-0.05, 0) is 75.8 Å². The van der Waals surface area contributed by atoms with Crippen LogP contribution in [0, 0.1) is 20.8 Å². The first kappa shape index (κ1) is 23.5. The number of hydrogen-bond acceptors (Lipinski definition) is 4. The zero-order valence-corrected chi connectivity index (χ0v) is 20.3. The topological polar surface area (TPSA) is 65.2 Å². The predicted octanol–water partition coefficient (Wildman–Crippen LogP) is 4.96. The smallest absolute Gasteiger partial charge is 0.253 e. The standard InChI is InChI=1S/C25H35N3O2S/c1-6-10-28-11-8-19(9-12-28)20(7-2)23-18(5)22(15-31-23)24(29)26-14-21-16(3)13-17(4)27-25(21)30/h13,15H,6-12,14H2,1-5H3,(H,26,29)(H,27,30). The lowest BCUT2D eigenvalue weighted by atomic mass is 9.93. The second-order valence-electron chi connectivity index (χ2n) is 8.51. The predicted molar refractivity (Wildman–Crippen MR) is 130 cm³/mol. The Bertz CT molecular complexity index is 1020. The molecule has 0 unspecified atom stereocenters. The molecule has 0 spiro atoms. The van der Waals surface area contributed by atoms with Crippen LogP contribution in [0.15, 0.2) is 21.8 Å². The van der Waals surface area contributed by atoms with E-state index in [1.807, 2.05) is 32.2 Å². The van der Waals surface area contributed by atoms with Gasteiger partial charge in [-0.2, -0.15) is 0 Å². The maximum Gasteiger partial charge on any atom is 0.253 e. The number of piperidine rings is 1. The van der Waals surface area contributed by atoms with Crippen LogP contribution in [0.1, 0.15) is 77.2 Å². The summed E-state index contributed by atoms with van der Waals surface area (Å²) in [5, 5.41) is 4.92. The summed E-state index contributed by atoms with van der Waals surface area (Å²) >= 11 is 1.67. The van der Waals surface area contributed by atoms with Crippen LogP contribution in [0.2, 0.25) is 0 Å². The van der Waals surface area contributed by atoms with Crippen molar-refractivity contribution in [2.24, 2.45) is 0 Å². The molecule has 0 radical (unpaired) electrons. The van der Waals surface area contributed by atoms with Crippen LogP contribution in [0.4, 0.5) is 0 Å². The van der Waals surface area contributed by atoms with E-state index >= 15 is 0 Å². The molecule has 0 saturated carbocycles. The number of carbonyl (C=O) groups is 1. The average molecular weight is 442 g/mol. The summed E-state index contributed by atoms with van der Waals surface area (Å²) in [4.78, 5) is 31.7. The van der Waals surface area contributed by atoms with Gasteiger partial charge < -0.3 is 15.2 Å². The van der Waals surface area contributed by atoms with Crippen molar-refractivity contribution in [3.8, 4) is 0 Å². The van der Waals surface area contributed by atoms with Gasteiger partial charge in [0.1, 0.15) is 0 Å². The molecular weight excluding hydrogens is 406 g/mol. The van der Waals surface area contributed by atoms with Crippen LogP contribution in [-0.4, -0.2) is 35.4 Å². The number of aromatic amines is 1. The van der Waals surface area contributed by atoms with Gasteiger partial charge in [0, 0.05) is 41.1 Å². The van der Waals surface area contributed by atoms with E-state index in [0.29, 0.717) is 5.56 Å². The van der Waals surface area contributed by atoms with Crippen LogP contribution >= 0.6 is 11.3 Å². The number of allylic oxidation sites excluding steroid dienone is 1. The van der Waals surface area contributed by atoms with Gasteiger partial charge in [-0.3, -0.25) is 9.59 Å². The molecule has 1 fully saturated rings. The highest BCUT2D eigenvalue weighted by molar-refractivity contribution is 7.11. The zero-order chi connectivity index (χ0) is 22.5. The molecule has 0 bridgehead atoms. The molecule has 3 heterocycles. The van der Waals surface area contributed by atoms with E-state index in [4.69, 9.17) is 0 Å². The van der Waals surface area contributed by atoms with Crippen molar-refractivity contribution in [3.05, 3.63) is 60.2 Å². The highest BCUT2D eigenvalue weighted by Gasteiger charge is 2.21. The van der Waals surface area contributed by atoms with Crippen molar-refractivity contribution >= 4 is 22.8 Å². The molecule has 1 saturated heterocycles. The summed E-state index contributed by atoms with van der Waals surface area (Å²) in [6.45, 7) is 14.0. The maximum absolute atomic E-state index is 12.9. The molecule has 2 aromatic heterocycles. The van der Waals surface area contributed by atoms with Crippen molar-refractivity contribution in [2.45, 2.75) is 66.8 Å². The lowest BCUT2D eigenvalue weighted by molar-refractivity contribution is 0.0950. The molecule has 3 rings (SSSR count). The molecule has 1 amide bonds. The van der Waals surface area contributed by atoms with Gasteiger partial charge in [0.2, 0.25) is 0 Å². The van der Waals surface area contributed by atoms with E-state index < -0.39 is 0 Å². The number of thiophene rings is 1. The molecule has 1 aliphatic rings. The van der Waals surface area contributed by atoms with Gasteiger partial charge in [0.15, 0.2) is 0 Å². The number of rotatable bonds is 7. The van der Waals surface area contributed by atoms with Gasteiger partial charge in [-0.1, -0.05) is 19.4 Å².